The monoisotopic (exact) mass is 297 g/mol. The quantitative estimate of drug-likeness (QED) is 0.859. The third kappa shape index (κ3) is 5.53. The van der Waals surface area contributed by atoms with E-state index in [1.165, 1.54) is 31.2 Å². The Morgan fingerprint density at radius 1 is 0.864 bits per heavy atom. The van der Waals surface area contributed by atoms with Crippen molar-refractivity contribution in [1.82, 2.24) is 5.32 Å². The van der Waals surface area contributed by atoms with Gasteiger partial charge in [-0.25, -0.2) is 0 Å². The van der Waals surface area contributed by atoms with E-state index in [0.717, 1.165) is 12.6 Å². The molecular formula is C20H27NO. The van der Waals surface area contributed by atoms with Crippen molar-refractivity contribution in [1.29, 1.82) is 0 Å². The molecule has 0 saturated heterocycles. The number of rotatable bonds is 3. The van der Waals surface area contributed by atoms with Crippen LogP contribution in [0.4, 0.5) is 0 Å². The first-order chi connectivity index (χ1) is 10.8. The maximum absolute atomic E-state index is 9.26. The standard InChI is InChI=1S/C14H21NO.C6H6/c1-2-15-13-7-3-11(4-8-13)12-5-9-14(16)10-6-12;1-2-4-6-5-3-1/h5-6,9-11,13,15-16H,2-4,7-8H2,1H3;1-6H. The summed E-state index contributed by atoms with van der Waals surface area (Å²) in [6.45, 7) is 3.25. The molecule has 2 aromatic carbocycles. The fraction of sp³-hybridized carbons (Fsp3) is 0.400. The minimum absolute atomic E-state index is 0.366. The van der Waals surface area contributed by atoms with Crippen LogP contribution in [0.25, 0.3) is 0 Å². The van der Waals surface area contributed by atoms with Crippen LogP contribution in [0.3, 0.4) is 0 Å². The Balaban J connectivity index is 0.000000246. The number of nitrogens with one attached hydrogen (secondary N) is 1. The summed E-state index contributed by atoms with van der Waals surface area (Å²) in [6, 6.07) is 20.4. The zero-order valence-corrected chi connectivity index (χ0v) is 13.4. The zero-order valence-electron chi connectivity index (χ0n) is 13.4. The van der Waals surface area contributed by atoms with Gasteiger partial charge in [0.25, 0.3) is 0 Å². The zero-order chi connectivity index (χ0) is 15.6. The van der Waals surface area contributed by atoms with E-state index >= 15 is 0 Å². The molecule has 2 nitrogen and oxygen atoms in total. The average molecular weight is 297 g/mol. The number of phenolic OH excluding ortho intramolecular Hbond substituents is 1. The number of phenols is 1. The molecule has 0 heterocycles. The van der Waals surface area contributed by atoms with E-state index in [0.29, 0.717) is 11.7 Å². The minimum atomic E-state index is 0.366. The fourth-order valence-electron chi connectivity index (χ4n) is 3.05. The second-order valence-corrected chi connectivity index (χ2v) is 5.85. The molecule has 2 heteroatoms. The Hall–Kier alpha value is -1.80. The summed E-state index contributed by atoms with van der Waals surface area (Å²) in [4.78, 5) is 0. The van der Waals surface area contributed by atoms with Crippen molar-refractivity contribution >= 4 is 0 Å². The first-order valence-corrected chi connectivity index (χ1v) is 8.32. The summed E-state index contributed by atoms with van der Waals surface area (Å²) in [5.74, 6) is 1.06. The second-order valence-electron chi connectivity index (χ2n) is 5.85. The minimum Gasteiger partial charge on any atom is -0.508 e. The van der Waals surface area contributed by atoms with E-state index in [-0.39, 0.29) is 0 Å². The Labute approximate surface area is 134 Å². The van der Waals surface area contributed by atoms with Crippen molar-refractivity contribution in [3.05, 3.63) is 66.2 Å². The molecule has 0 radical (unpaired) electrons. The van der Waals surface area contributed by atoms with Gasteiger partial charge in [0.15, 0.2) is 0 Å². The molecule has 1 fully saturated rings. The van der Waals surface area contributed by atoms with Crippen LogP contribution in [0.15, 0.2) is 60.7 Å². The lowest BCUT2D eigenvalue weighted by molar-refractivity contribution is 0.347. The van der Waals surface area contributed by atoms with Gasteiger partial charge in [-0.3, -0.25) is 0 Å². The van der Waals surface area contributed by atoms with Crippen molar-refractivity contribution in [2.24, 2.45) is 0 Å². The van der Waals surface area contributed by atoms with Crippen LogP contribution in [0.1, 0.15) is 44.1 Å². The SMILES string of the molecule is CCNC1CCC(c2ccc(O)cc2)CC1.c1ccccc1. The Morgan fingerprint density at radius 2 is 1.36 bits per heavy atom. The predicted molar refractivity (Wildman–Crippen MR) is 93.2 cm³/mol. The summed E-state index contributed by atoms with van der Waals surface area (Å²) in [7, 11) is 0. The molecule has 2 aromatic rings. The topological polar surface area (TPSA) is 32.3 Å². The van der Waals surface area contributed by atoms with Crippen molar-refractivity contribution in [2.45, 2.75) is 44.6 Å². The van der Waals surface area contributed by atoms with Gasteiger partial charge < -0.3 is 10.4 Å². The van der Waals surface area contributed by atoms with Crippen LogP contribution in [0.5, 0.6) is 5.75 Å². The van der Waals surface area contributed by atoms with Gasteiger partial charge in [0, 0.05) is 6.04 Å². The summed E-state index contributed by atoms with van der Waals surface area (Å²) in [5.41, 5.74) is 1.38. The van der Waals surface area contributed by atoms with Crippen molar-refractivity contribution in [2.75, 3.05) is 6.54 Å². The largest absolute Gasteiger partial charge is 0.508 e. The van der Waals surface area contributed by atoms with Crippen LogP contribution in [0, 0.1) is 0 Å². The first-order valence-electron chi connectivity index (χ1n) is 8.32. The van der Waals surface area contributed by atoms with Gasteiger partial charge in [-0.05, 0) is 55.8 Å². The summed E-state index contributed by atoms with van der Waals surface area (Å²) < 4.78 is 0. The van der Waals surface area contributed by atoms with E-state index in [1.54, 1.807) is 12.1 Å². The normalized spacial score (nSPS) is 20.8. The number of aromatic hydroxyl groups is 1. The van der Waals surface area contributed by atoms with E-state index in [4.69, 9.17) is 0 Å². The van der Waals surface area contributed by atoms with Crippen molar-refractivity contribution in [3.63, 3.8) is 0 Å². The van der Waals surface area contributed by atoms with E-state index in [9.17, 15) is 5.11 Å². The predicted octanol–water partition coefficient (Wildman–Crippen LogP) is 4.71. The lowest BCUT2D eigenvalue weighted by atomic mass is 9.82. The molecule has 1 saturated carbocycles. The Morgan fingerprint density at radius 3 is 1.82 bits per heavy atom. The lowest BCUT2D eigenvalue weighted by Gasteiger charge is -2.29. The smallest absolute Gasteiger partial charge is 0.115 e. The van der Waals surface area contributed by atoms with Crippen LogP contribution in [0.2, 0.25) is 0 Å². The van der Waals surface area contributed by atoms with E-state index < -0.39 is 0 Å². The van der Waals surface area contributed by atoms with Gasteiger partial charge in [-0.1, -0.05) is 55.5 Å². The maximum atomic E-state index is 9.26. The van der Waals surface area contributed by atoms with Crippen LogP contribution in [-0.4, -0.2) is 17.7 Å². The number of hydrogen-bond acceptors (Lipinski definition) is 2. The number of hydrogen-bond donors (Lipinski definition) is 2. The highest BCUT2D eigenvalue weighted by molar-refractivity contribution is 5.28. The highest BCUT2D eigenvalue weighted by Crippen LogP contribution is 2.33. The number of benzene rings is 2. The van der Waals surface area contributed by atoms with Crippen LogP contribution >= 0.6 is 0 Å². The van der Waals surface area contributed by atoms with Gasteiger partial charge in [0.05, 0.1) is 0 Å². The van der Waals surface area contributed by atoms with Gasteiger partial charge in [0.1, 0.15) is 5.75 Å². The molecule has 118 valence electrons. The van der Waals surface area contributed by atoms with Gasteiger partial charge in [-0.15, -0.1) is 0 Å². The van der Waals surface area contributed by atoms with Gasteiger partial charge in [-0.2, -0.15) is 0 Å². The highest BCUT2D eigenvalue weighted by Gasteiger charge is 2.21. The molecule has 22 heavy (non-hydrogen) atoms. The Bertz CT molecular complexity index is 474. The third-order valence-corrected chi connectivity index (χ3v) is 4.25. The molecule has 0 aliphatic heterocycles. The average Bonchev–Trinajstić information content (AvgIpc) is 2.59. The fourth-order valence-corrected chi connectivity index (χ4v) is 3.05. The van der Waals surface area contributed by atoms with E-state index in [2.05, 4.69) is 24.4 Å². The van der Waals surface area contributed by atoms with Crippen molar-refractivity contribution in [3.8, 4) is 5.75 Å². The Kier molecular flexibility index (Phi) is 6.98. The molecule has 3 rings (SSSR count). The first kappa shape index (κ1) is 16.6. The molecule has 0 atom stereocenters. The van der Waals surface area contributed by atoms with E-state index in [1.807, 2.05) is 36.4 Å². The third-order valence-electron chi connectivity index (χ3n) is 4.25. The highest BCUT2D eigenvalue weighted by atomic mass is 16.3. The lowest BCUT2D eigenvalue weighted by Crippen LogP contribution is -2.32. The van der Waals surface area contributed by atoms with Crippen LogP contribution < -0.4 is 5.32 Å². The molecule has 1 aliphatic rings. The molecular weight excluding hydrogens is 270 g/mol. The van der Waals surface area contributed by atoms with Gasteiger partial charge in [0.2, 0.25) is 0 Å². The molecule has 0 bridgehead atoms. The molecule has 0 amide bonds. The molecule has 1 aliphatic carbocycles. The molecule has 0 unspecified atom stereocenters. The summed E-state index contributed by atoms with van der Waals surface area (Å²) in [5, 5.41) is 12.8. The maximum Gasteiger partial charge on any atom is 0.115 e. The molecule has 2 N–H and O–H groups in total. The summed E-state index contributed by atoms with van der Waals surface area (Å²) in [6.07, 6.45) is 5.09. The second kappa shape index (κ2) is 9.26. The van der Waals surface area contributed by atoms with Crippen LogP contribution in [-0.2, 0) is 0 Å². The molecule has 0 aromatic heterocycles. The molecule has 0 spiro atoms. The summed E-state index contributed by atoms with van der Waals surface area (Å²) >= 11 is 0. The van der Waals surface area contributed by atoms with Crippen molar-refractivity contribution < 1.29 is 5.11 Å². The van der Waals surface area contributed by atoms with Gasteiger partial charge >= 0.3 is 0 Å².